The lowest BCUT2D eigenvalue weighted by atomic mass is 10.1. The molecule has 1 heterocycles. The zero-order valence-corrected chi connectivity index (χ0v) is 8.06. The average molecular weight is 194 g/mol. The van der Waals surface area contributed by atoms with Gasteiger partial charge in [0, 0.05) is 20.2 Å². The molecule has 0 atom stereocenters. The predicted molar refractivity (Wildman–Crippen MR) is 50.8 cm³/mol. The average Bonchev–Trinajstić information content (AvgIpc) is 2.05. The molecule has 0 unspecified atom stereocenters. The van der Waals surface area contributed by atoms with Crippen molar-refractivity contribution in [1.82, 2.24) is 4.90 Å². The minimum absolute atomic E-state index is 0. The van der Waals surface area contributed by atoms with Gasteiger partial charge in [-0.15, -0.1) is 12.4 Å². The Labute approximate surface area is 79.0 Å². The van der Waals surface area contributed by atoms with E-state index in [0.717, 1.165) is 25.9 Å². The van der Waals surface area contributed by atoms with Crippen LogP contribution in [0.4, 0.5) is 0 Å². The first-order chi connectivity index (χ1) is 5.24. The Hall–Kier alpha value is -0.480. The third-order valence-electron chi connectivity index (χ3n) is 2.12. The first kappa shape index (κ1) is 11.5. The number of piperidine rings is 1. The standard InChI is InChI=1S/C7H15N3O.ClH/c1-11-6-2-4-10(5-3-6)7(8)9;/h6H,2-5H2,1H3,(H3,8,9);1H. The summed E-state index contributed by atoms with van der Waals surface area (Å²) in [5, 5.41) is 7.17. The van der Waals surface area contributed by atoms with Crippen molar-refractivity contribution >= 4 is 18.4 Å². The second kappa shape index (κ2) is 5.22. The van der Waals surface area contributed by atoms with Gasteiger partial charge in [-0.25, -0.2) is 0 Å². The molecule has 72 valence electrons. The van der Waals surface area contributed by atoms with Gasteiger partial charge in [0.15, 0.2) is 5.96 Å². The molecule has 1 aliphatic rings. The molecular formula is C7H16ClN3O. The Morgan fingerprint density at radius 1 is 1.50 bits per heavy atom. The van der Waals surface area contributed by atoms with Crippen LogP contribution in [0.15, 0.2) is 0 Å². The lowest BCUT2D eigenvalue weighted by Gasteiger charge is -2.31. The Kier molecular flexibility index (Phi) is 5.01. The molecule has 0 aromatic rings. The predicted octanol–water partition coefficient (Wildman–Crippen LogP) is 0.412. The van der Waals surface area contributed by atoms with Gasteiger partial charge in [0.05, 0.1) is 6.10 Å². The summed E-state index contributed by atoms with van der Waals surface area (Å²) in [7, 11) is 1.73. The van der Waals surface area contributed by atoms with Crippen LogP contribution in [0.2, 0.25) is 0 Å². The van der Waals surface area contributed by atoms with E-state index < -0.39 is 0 Å². The van der Waals surface area contributed by atoms with E-state index in [-0.39, 0.29) is 18.4 Å². The van der Waals surface area contributed by atoms with E-state index in [1.54, 1.807) is 7.11 Å². The Balaban J connectivity index is 0.00000121. The van der Waals surface area contributed by atoms with Crippen LogP contribution in [0.25, 0.3) is 0 Å². The van der Waals surface area contributed by atoms with Gasteiger partial charge in [0.1, 0.15) is 0 Å². The van der Waals surface area contributed by atoms with Gasteiger partial charge in [-0.2, -0.15) is 0 Å². The van der Waals surface area contributed by atoms with Gasteiger partial charge in [-0.1, -0.05) is 0 Å². The fraction of sp³-hybridized carbons (Fsp3) is 0.857. The number of likely N-dealkylation sites (tertiary alicyclic amines) is 1. The van der Waals surface area contributed by atoms with Crippen molar-refractivity contribution < 1.29 is 4.74 Å². The fourth-order valence-electron chi connectivity index (χ4n) is 1.33. The van der Waals surface area contributed by atoms with Crippen molar-refractivity contribution in [2.45, 2.75) is 18.9 Å². The van der Waals surface area contributed by atoms with E-state index in [1.807, 2.05) is 4.90 Å². The van der Waals surface area contributed by atoms with Crippen molar-refractivity contribution in [3.05, 3.63) is 0 Å². The smallest absolute Gasteiger partial charge is 0.188 e. The molecule has 5 heteroatoms. The third-order valence-corrected chi connectivity index (χ3v) is 2.12. The van der Waals surface area contributed by atoms with Crippen LogP contribution in [0.3, 0.4) is 0 Å². The molecule has 0 aromatic carbocycles. The van der Waals surface area contributed by atoms with Gasteiger partial charge < -0.3 is 15.4 Å². The molecule has 0 bridgehead atoms. The number of ether oxygens (including phenoxy) is 1. The van der Waals surface area contributed by atoms with Gasteiger partial charge in [0.25, 0.3) is 0 Å². The van der Waals surface area contributed by atoms with E-state index in [0.29, 0.717) is 6.10 Å². The van der Waals surface area contributed by atoms with Crippen molar-refractivity contribution in [2.24, 2.45) is 5.73 Å². The molecule has 0 radical (unpaired) electrons. The molecule has 0 aliphatic carbocycles. The summed E-state index contributed by atoms with van der Waals surface area (Å²) in [5.41, 5.74) is 5.32. The fourth-order valence-corrected chi connectivity index (χ4v) is 1.33. The van der Waals surface area contributed by atoms with Crippen LogP contribution in [0.5, 0.6) is 0 Å². The number of halogens is 1. The third kappa shape index (κ3) is 2.87. The summed E-state index contributed by atoms with van der Waals surface area (Å²) >= 11 is 0. The van der Waals surface area contributed by atoms with E-state index in [2.05, 4.69) is 0 Å². The summed E-state index contributed by atoms with van der Waals surface area (Å²) in [6, 6.07) is 0. The molecule has 3 N–H and O–H groups in total. The molecule has 12 heavy (non-hydrogen) atoms. The molecule has 1 aliphatic heterocycles. The van der Waals surface area contributed by atoms with E-state index in [4.69, 9.17) is 15.9 Å². The highest BCUT2D eigenvalue weighted by Crippen LogP contribution is 2.11. The van der Waals surface area contributed by atoms with Crippen molar-refractivity contribution in [1.29, 1.82) is 5.41 Å². The number of nitrogens with zero attached hydrogens (tertiary/aromatic N) is 1. The van der Waals surface area contributed by atoms with Crippen LogP contribution in [0, 0.1) is 5.41 Å². The lowest BCUT2D eigenvalue weighted by Crippen LogP contribution is -2.43. The maximum atomic E-state index is 7.17. The van der Waals surface area contributed by atoms with Crippen LogP contribution >= 0.6 is 12.4 Å². The molecule has 1 saturated heterocycles. The molecule has 0 saturated carbocycles. The van der Waals surface area contributed by atoms with Crippen LogP contribution in [0.1, 0.15) is 12.8 Å². The van der Waals surface area contributed by atoms with Gasteiger partial charge in [-0.05, 0) is 12.8 Å². The number of rotatable bonds is 1. The van der Waals surface area contributed by atoms with Crippen molar-refractivity contribution in [2.75, 3.05) is 20.2 Å². The lowest BCUT2D eigenvalue weighted by molar-refractivity contribution is 0.0574. The van der Waals surface area contributed by atoms with E-state index in [9.17, 15) is 0 Å². The first-order valence-corrected chi connectivity index (χ1v) is 3.86. The number of nitrogens with two attached hydrogens (primary N) is 1. The van der Waals surface area contributed by atoms with Gasteiger partial charge >= 0.3 is 0 Å². The molecule has 1 fully saturated rings. The highest BCUT2D eigenvalue weighted by atomic mass is 35.5. The van der Waals surface area contributed by atoms with Crippen LogP contribution < -0.4 is 5.73 Å². The van der Waals surface area contributed by atoms with E-state index >= 15 is 0 Å². The Morgan fingerprint density at radius 3 is 2.33 bits per heavy atom. The topological polar surface area (TPSA) is 62.3 Å². The molecule has 0 aromatic heterocycles. The zero-order valence-electron chi connectivity index (χ0n) is 7.25. The van der Waals surface area contributed by atoms with Crippen LogP contribution in [-0.2, 0) is 4.74 Å². The SMILES string of the molecule is COC1CCN(C(=N)N)CC1.Cl. The first-order valence-electron chi connectivity index (χ1n) is 3.86. The van der Waals surface area contributed by atoms with Crippen LogP contribution in [-0.4, -0.2) is 37.2 Å². The Bertz CT molecular complexity index is 146. The maximum Gasteiger partial charge on any atom is 0.188 e. The highest BCUT2D eigenvalue weighted by Gasteiger charge is 2.18. The van der Waals surface area contributed by atoms with E-state index in [1.165, 1.54) is 0 Å². The second-order valence-corrected chi connectivity index (χ2v) is 2.81. The monoisotopic (exact) mass is 193 g/mol. The Morgan fingerprint density at radius 2 is 2.00 bits per heavy atom. The highest BCUT2D eigenvalue weighted by molar-refractivity contribution is 5.85. The van der Waals surface area contributed by atoms with Crippen molar-refractivity contribution in [3.63, 3.8) is 0 Å². The number of hydrogen-bond acceptors (Lipinski definition) is 2. The molecule has 4 nitrogen and oxygen atoms in total. The van der Waals surface area contributed by atoms with Gasteiger partial charge in [-0.3, -0.25) is 5.41 Å². The summed E-state index contributed by atoms with van der Waals surface area (Å²) < 4.78 is 5.18. The summed E-state index contributed by atoms with van der Waals surface area (Å²) in [4.78, 5) is 1.87. The maximum absolute atomic E-state index is 7.17. The second-order valence-electron chi connectivity index (χ2n) is 2.81. The number of guanidine groups is 1. The summed E-state index contributed by atoms with van der Waals surface area (Å²) in [6.07, 6.45) is 2.33. The minimum Gasteiger partial charge on any atom is -0.381 e. The molecule has 0 spiro atoms. The summed E-state index contributed by atoms with van der Waals surface area (Å²) in [6.45, 7) is 1.71. The zero-order chi connectivity index (χ0) is 8.27. The molecular weight excluding hydrogens is 178 g/mol. The number of hydrogen-bond donors (Lipinski definition) is 2. The number of methoxy groups -OCH3 is 1. The summed E-state index contributed by atoms with van der Waals surface area (Å²) in [5.74, 6) is 0.180. The normalized spacial score (nSPS) is 18.6. The van der Waals surface area contributed by atoms with Gasteiger partial charge in [0.2, 0.25) is 0 Å². The largest absolute Gasteiger partial charge is 0.381 e. The number of nitrogens with one attached hydrogen (secondary N) is 1. The molecule has 0 amide bonds. The molecule has 1 rings (SSSR count). The minimum atomic E-state index is 0. The van der Waals surface area contributed by atoms with Crippen molar-refractivity contribution in [3.8, 4) is 0 Å². The quantitative estimate of drug-likeness (QED) is 0.469.